The maximum absolute atomic E-state index is 8.84. The molecule has 160 valence electrons. The van der Waals surface area contributed by atoms with E-state index in [0.717, 1.165) is 31.2 Å². The number of nitrogens with zero attached hydrogens (tertiary/aromatic N) is 4. The van der Waals surface area contributed by atoms with Crippen LogP contribution in [0.25, 0.3) is 11.3 Å². The summed E-state index contributed by atoms with van der Waals surface area (Å²) in [6.07, 6.45) is 6.57. The molecule has 0 amide bonds. The fourth-order valence-corrected chi connectivity index (χ4v) is 3.76. The number of nitrogens with two attached hydrogens (primary N) is 1. The summed E-state index contributed by atoms with van der Waals surface area (Å²) in [7, 11) is 1.58. The largest absolute Gasteiger partial charge is 0.496 e. The lowest BCUT2D eigenvalue weighted by Crippen LogP contribution is -2.31. The Morgan fingerprint density at radius 1 is 1.13 bits per heavy atom. The number of hydrogen-bond donors (Lipinski definition) is 3. The van der Waals surface area contributed by atoms with Gasteiger partial charge < -0.3 is 20.5 Å². The van der Waals surface area contributed by atoms with Crippen LogP contribution >= 0.6 is 11.6 Å². The number of aromatic amines is 1. The number of halogens is 1. The molecule has 0 saturated heterocycles. The SMILES string of the molecule is COc1cc(Cl)cc(O[C@H]2CC[C@H](N)CC2)c1-c1cc(Nc2cnc(C#N)cn2)n[nH]1. The predicted molar refractivity (Wildman–Crippen MR) is 116 cm³/mol. The number of nitriles is 1. The van der Waals surface area contributed by atoms with Crippen molar-refractivity contribution in [2.75, 3.05) is 12.4 Å². The molecule has 2 aromatic heterocycles. The Labute approximate surface area is 184 Å². The van der Waals surface area contributed by atoms with Gasteiger partial charge in [0.05, 0.1) is 36.9 Å². The van der Waals surface area contributed by atoms with Crippen LogP contribution in [0.5, 0.6) is 11.5 Å². The lowest BCUT2D eigenvalue weighted by atomic mass is 9.93. The van der Waals surface area contributed by atoms with E-state index in [4.69, 9.17) is 32.1 Å². The third-order valence-corrected chi connectivity index (χ3v) is 5.35. The lowest BCUT2D eigenvalue weighted by Gasteiger charge is -2.28. The molecule has 0 bridgehead atoms. The van der Waals surface area contributed by atoms with Crippen molar-refractivity contribution < 1.29 is 9.47 Å². The van der Waals surface area contributed by atoms with Crippen LogP contribution in [0, 0.1) is 11.3 Å². The van der Waals surface area contributed by atoms with E-state index in [2.05, 4.69) is 25.5 Å². The van der Waals surface area contributed by atoms with Gasteiger partial charge in [-0.25, -0.2) is 9.97 Å². The van der Waals surface area contributed by atoms with Crippen molar-refractivity contribution in [2.24, 2.45) is 5.73 Å². The van der Waals surface area contributed by atoms with Gasteiger partial charge in [0.2, 0.25) is 0 Å². The molecule has 4 rings (SSSR count). The quantitative estimate of drug-likeness (QED) is 0.527. The minimum atomic E-state index is 0.0659. The zero-order valence-corrected chi connectivity index (χ0v) is 17.7. The number of nitrogens with one attached hydrogen (secondary N) is 2. The molecular formula is C21H22ClN7O2. The highest BCUT2D eigenvalue weighted by molar-refractivity contribution is 6.31. The zero-order valence-electron chi connectivity index (χ0n) is 16.9. The number of ether oxygens (including phenoxy) is 2. The lowest BCUT2D eigenvalue weighted by molar-refractivity contribution is 0.147. The van der Waals surface area contributed by atoms with Crippen LogP contribution in [-0.4, -0.2) is 39.4 Å². The summed E-state index contributed by atoms with van der Waals surface area (Å²) >= 11 is 6.31. The second kappa shape index (κ2) is 9.20. The van der Waals surface area contributed by atoms with E-state index in [1.807, 2.05) is 12.1 Å². The van der Waals surface area contributed by atoms with Gasteiger partial charge in [-0.05, 0) is 37.8 Å². The molecule has 0 radical (unpaired) electrons. The fourth-order valence-electron chi connectivity index (χ4n) is 3.56. The average Bonchev–Trinajstić information content (AvgIpc) is 3.23. The van der Waals surface area contributed by atoms with Crippen LogP contribution < -0.4 is 20.5 Å². The van der Waals surface area contributed by atoms with E-state index in [1.54, 1.807) is 19.2 Å². The van der Waals surface area contributed by atoms with Gasteiger partial charge in [0.25, 0.3) is 0 Å². The van der Waals surface area contributed by atoms with E-state index in [9.17, 15) is 0 Å². The van der Waals surface area contributed by atoms with Gasteiger partial charge in [0.15, 0.2) is 11.5 Å². The van der Waals surface area contributed by atoms with Gasteiger partial charge in [-0.15, -0.1) is 0 Å². The van der Waals surface area contributed by atoms with Crippen molar-refractivity contribution in [1.29, 1.82) is 5.26 Å². The molecule has 0 spiro atoms. The Kier molecular flexibility index (Phi) is 6.21. The summed E-state index contributed by atoms with van der Waals surface area (Å²) in [5.74, 6) is 2.19. The molecule has 0 atom stereocenters. The number of methoxy groups -OCH3 is 1. The standard InChI is InChI=1S/C21H22ClN7O2/c1-30-17-6-12(22)7-18(31-15-4-2-13(24)3-5-15)21(17)16-8-19(29-28-16)27-20-11-25-14(9-23)10-26-20/h6-8,10-11,13,15H,2-5,24H2,1H3,(H2,26,27,28,29)/t13-,15-. The maximum atomic E-state index is 8.84. The number of H-pyrrole nitrogens is 1. The van der Waals surface area contributed by atoms with Gasteiger partial charge >= 0.3 is 0 Å². The fraction of sp³-hybridized carbons (Fsp3) is 0.333. The first-order valence-electron chi connectivity index (χ1n) is 9.90. The highest BCUT2D eigenvalue weighted by Gasteiger charge is 2.24. The van der Waals surface area contributed by atoms with Crippen molar-refractivity contribution in [3.05, 3.63) is 41.3 Å². The molecule has 0 aliphatic heterocycles. The second-order valence-electron chi connectivity index (χ2n) is 7.33. The zero-order chi connectivity index (χ0) is 21.8. The van der Waals surface area contributed by atoms with Crippen LogP contribution in [0.15, 0.2) is 30.6 Å². The van der Waals surface area contributed by atoms with Crippen LogP contribution in [0.2, 0.25) is 5.02 Å². The first-order chi connectivity index (χ1) is 15.1. The van der Waals surface area contributed by atoms with Gasteiger partial charge in [-0.3, -0.25) is 5.10 Å². The monoisotopic (exact) mass is 439 g/mol. The highest BCUT2D eigenvalue weighted by atomic mass is 35.5. The van der Waals surface area contributed by atoms with Crippen molar-refractivity contribution in [3.8, 4) is 28.8 Å². The summed E-state index contributed by atoms with van der Waals surface area (Å²) in [6, 6.07) is 7.51. The van der Waals surface area contributed by atoms with E-state index >= 15 is 0 Å². The molecule has 9 nitrogen and oxygen atoms in total. The first-order valence-corrected chi connectivity index (χ1v) is 10.3. The van der Waals surface area contributed by atoms with E-state index in [1.165, 1.54) is 12.4 Å². The number of aromatic nitrogens is 4. The average molecular weight is 440 g/mol. The molecule has 1 aromatic carbocycles. The van der Waals surface area contributed by atoms with Crippen LogP contribution in [0.4, 0.5) is 11.6 Å². The smallest absolute Gasteiger partial charge is 0.158 e. The van der Waals surface area contributed by atoms with Crippen molar-refractivity contribution in [2.45, 2.75) is 37.8 Å². The molecule has 10 heteroatoms. The second-order valence-corrected chi connectivity index (χ2v) is 7.76. The Morgan fingerprint density at radius 3 is 2.58 bits per heavy atom. The number of benzene rings is 1. The molecule has 1 aliphatic carbocycles. The molecule has 2 heterocycles. The maximum Gasteiger partial charge on any atom is 0.158 e. The van der Waals surface area contributed by atoms with Gasteiger partial charge in [0, 0.05) is 17.1 Å². The number of anilines is 2. The summed E-state index contributed by atoms with van der Waals surface area (Å²) in [5, 5.41) is 19.7. The Morgan fingerprint density at radius 2 is 1.90 bits per heavy atom. The van der Waals surface area contributed by atoms with E-state index in [-0.39, 0.29) is 17.8 Å². The van der Waals surface area contributed by atoms with Gasteiger partial charge in [-0.1, -0.05) is 11.6 Å². The minimum absolute atomic E-state index is 0.0659. The summed E-state index contributed by atoms with van der Waals surface area (Å²) < 4.78 is 11.9. The van der Waals surface area contributed by atoms with Crippen molar-refractivity contribution in [1.82, 2.24) is 20.2 Å². The molecule has 1 fully saturated rings. The van der Waals surface area contributed by atoms with Crippen LogP contribution in [0.1, 0.15) is 31.4 Å². The van der Waals surface area contributed by atoms with Gasteiger partial charge in [-0.2, -0.15) is 10.4 Å². The minimum Gasteiger partial charge on any atom is -0.496 e. The molecule has 4 N–H and O–H groups in total. The van der Waals surface area contributed by atoms with Crippen molar-refractivity contribution >= 4 is 23.2 Å². The Hall–Kier alpha value is -3.35. The molecule has 1 saturated carbocycles. The number of hydrogen-bond acceptors (Lipinski definition) is 8. The summed E-state index contributed by atoms with van der Waals surface area (Å²) in [6.45, 7) is 0. The normalized spacial score (nSPS) is 18.3. The van der Waals surface area contributed by atoms with Crippen LogP contribution in [-0.2, 0) is 0 Å². The third kappa shape index (κ3) is 4.87. The number of rotatable bonds is 6. The molecular weight excluding hydrogens is 418 g/mol. The predicted octanol–water partition coefficient (Wildman–Crippen LogP) is 3.79. The first kappa shape index (κ1) is 20.9. The molecule has 3 aromatic rings. The third-order valence-electron chi connectivity index (χ3n) is 5.13. The van der Waals surface area contributed by atoms with E-state index < -0.39 is 0 Å². The Bertz CT molecular complexity index is 1090. The molecule has 31 heavy (non-hydrogen) atoms. The van der Waals surface area contributed by atoms with Gasteiger partial charge in [0.1, 0.15) is 23.4 Å². The summed E-state index contributed by atoms with van der Waals surface area (Å²) in [4.78, 5) is 8.14. The highest BCUT2D eigenvalue weighted by Crippen LogP contribution is 2.42. The van der Waals surface area contributed by atoms with Crippen LogP contribution in [0.3, 0.4) is 0 Å². The van der Waals surface area contributed by atoms with Crippen molar-refractivity contribution in [3.63, 3.8) is 0 Å². The molecule has 0 unspecified atom stereocenters. The molecule has 1 aliphatic rings. The summed E-state index contributed by atoms with van der Waals surface area (Å²) in [5.41, 5.74) is 7.69. The Balaban J connectivity index is 1.61. The van der Waals surface area contributed by atoms with E-state index in [0.29, 0.717) is 33.9 Å². The topological polar surface area (TPSA) is 135 Å².